The van der Waals surface area contributed by atoms with Gasteiger partial charge >= 0.3 is 0 Å². The van der Waals surface area contributed by atoms with E-state index in [0.29, 0.717) is 24.3 Å². The molecule has 0 bridgehead atoms. The minimum atomic E-state index is -0.922. The summed E-state index contributed by atoms with van der Waals surface area (Å²) in [4.78, 5) is 26.4. The Bertz CT molecular complexity index is 794. The van der Waals surface area contributed by atoms with Crippen molar-refractivity contribution in [2.75, 3.05) is 19.7 Å². The lowest BCUT2D eigenvalue weighted by Crippen LogP contribution is -2.46. The van der Waals surface area contributed by atoms with Crippen molar-refractivity contribution in [1.82, 2.24) is 10.2 Å². The van der Waals surface area contributed by atoms with Crippen LogP contribution in [0.5, 0.6) is 0 Å². The number of fused-ring (bicyclic) bond motifs is 1. The predicted molar refractivity (Wildman–Crippen MR) is 101 cm³/mol. The molecule has 0 fully saturated rings. The van der Waals surface area contributed by atoms with E-state index in [-0.39, 0.29) is 24.9 Å². The molecule has 0 radical (unpaired) electrons. The second-order valence-corrected chi connectivity index (χ2v) is 6.48. The third-order valence-corrected chi connectivity index (χ3v) is 4.61. The first kappa shape index (κ1) is 19.1. The zero-order chi connectivity index (χ0) is 19.2. The van der Waals surface area contributed by atoms with E-state index in [4.69, 9.17) is 4.74 Å². The zero-order valence-corrected chi connectivity index (χ0v) is 15.3. The van der Waals surface area contributed by atoms with Crippen LogP contribution in [0.15, 0.2) is 54.6 Å². The van der Waals surface area contributed by atoms with Gasteiger partial charge in [0.25, 0.3) is 11.8 Å². The van der Waals surface area contributed by atoms with Crippen molar-refractivity contribution in [3.8, 4) is 0 Å². The molecule has 2 N–H and O–H groups in total. The van der Waals surface area contributed by atoms with E-state index in [0.717, 1.165) is 5.56 Å². The summed E-state index contributed by atoms with van der Waals surface area (Å²) >= 11 is 0. The molecule has 142 valence electrons. The van der Waals surface area contributed by atoms with Crippen molar-refractivity contribution < 1.29 is 19.4 Å². The lowest BCUT2D eigenvalue weighted by molar-refractivity contribution is -0.0437. The minimum Gasteiger partial charge on any atom is -0.388 e. The van der Waals surface area contributed by atoms with Crippen LogP contribution >= 0.6 is 0 Å². The van der Waals surface area contributed by atoms with Gasteiger partial charge in [-0.15, -0.1) is 0 Å². The average molecular weight is 368 g/mol. The SMILES string of the molecule is CCO[C@H](CN1Cc2ccccc2C1=O)[C@@H](O)CNC(=O)c1ccccc1. The van der Waals surface area contributed by atoms with E-state index in [1.165, 1.54) is 0 Å². The Morgan fingerprint density at radius 1 is 1.19 bits per heavy atom. The van der Waals surface area contributed by atoms with Crippen molar-refractivity contribution in [3.05, 3.63) is 71.3 Å². The molecule has 6 heteroatoms. The molecule has 0 spiro atoms. The highest BCUT2D eigenvalue weighted by Crippen LogP contribution is 2.23. The maximum Gasteiger partial charge on any atom is 0.254 e. The number of aliphatic hydroxyl groups excluding tert-OH is 1. The van der Waals surface area contributed by atoms with Gasteiger partial charge in [0.1, 0.15) is 6.10 Å². The smallest absolute Gasteiger partial charge is 0.254 e. The van der Waals surface area contributed by atoms with E-state index in [9.17, 15) is 14.7 Å². The molecule has 2 aromatic rings. The van der Waals surface area contributed by atoms with E-state index in [1.807, 2.05) is 37.3 Å². The Labute approximate surface area is 158 Å². The molecule has 0 saturated carbocycles. The molecule has 0 aromatic heterocycles. The van der Waals surface area contributed by atoms with Gasteiger partial charge in [0.15, 0.2) is 0 Å². The number of ether oxygens (including phenoxy) is 1. The maximum atomic E-state index is 12.5. The molecule has 0 saturated heterocycles. The quantitative estimate of drug-likeness (QED) is 0.745. The van der Waals surface area contributed by atoms with Gasteiger partial charge in [-0.2, -0.15) is 0 Å². The summed E-state index contributed by atoms with van der Waals surface area (Å²) in [6.45, 7) is 3.06. The highest BCUT2D eigenvalue weighted by atomic mass is 16.5. The van der Waals surface area contributed by atoms with Crippen molar-refractivity contribution in [2.24, 2.45) is 0 Å². The summed E-state index contributed by atoms with van der Waals surface area (Å²) in [7, 11) is 0. The molecule has 6 nitrogen and oxygen atoms in total. The molecule has 27 heavy (non-hydrogen) atoms. The van der Waals surface area contributed by atoms with Crippen molar-refractivity contribution in [1.29, 1.82) is 0 Å². The number of benzene rings is 2. The second-order valence-electron chi connectivity index (χ2n) is 6.48. The Morgan fingerprint density at radius 3 is 2.59 bits per heavy atom. The van der Waals surface area contributed by atoms with Gasteiger partial charge in [0.05, 0.1) is 12.6 Å². The van der Waals surface area contributed by atoms with Gasteiger partial charge in [-0.3, -0.25) is 9.59 Å². The Balaban J connectivity index is 1.58. The highest BCUT2D eigenvalue weighted by molar-refractivity contribution is 5.98. The normalized spacial score (nSPS) is 15.3. The number of amides is 2. The molecule has 2 aromatic carbocycles. The van der Waals surface area contributed by atoms with E-state index in [2.05, 4.69) is 5.32 Å². The van der Waals surface area contributed by atoms with Crippen LogP contribution in [-0.2, 0) is 11.3 Å². The summed E-state index contributed by atoms with van der Waals surface area (Å²) in [5.41, 5.74) is 2.20. The fourth-order valence-electron chi connectivity index (χ4n) is 3.20. The Kier molecular flexibility index (Phi) is 6.21. The second kappa shape index (κ2) is 8.79. The van der Waals surface area contributed by atoms with E-state index in [1.54, 1.807) is 29.2 Å². The summed E-state index contributed by atoms with van der Waals surface area (Å²) in [5.74, 6) is -0.314. The van der Waals surface area contributed by atoms with E-state index >= 15 is 0 Å². The predicted octanol–water partition coefficient (Wildman–Crippen LogP) is 1.84. The number of carbonyl (C=O) groups excluding carboxylic acids is 2. The van der Waals surface area contributed by atoms with Crippen LogP contribution in [0.4, 0.5) is 0 Å². The van der Waals surface area contributed by atoms with Crippen LogP contribution in [0.1, 0.15) is 33.2 Å². The van der Waals surface area contributed by atoms with Crippen molar-refractivity contribution in [2.45, 2.75) is 25.7 Å². The van der Waals surface area contributed by atoms with Crippen LogP contribution in [0.25, 0.3) is 0 Å². The standard InChI is InChI=1S/C21H24N2O4/c1-2-27-19(14-23-13-16-10-6-7-11-17(16)21(23)26)18(24)12-22-20(25)15-8-4-3-5-9-15/h3-11,18-19,24H,2,12-14H2,1H3,(H,22,25)/t18-,19+/m0/s1. The molecule has 0 unspecified atom stereocenters. The van der Waals surface area contributed by atoms with Crippen LogP contribution in [0.3, 0.4) is 0 Å². The van der Waals surface area contributed by atoms with Gasteiger partial charge < -0.3 is 20.1 Å². The molecule has 0 aliphatic carbocycles. The Hall–Kier alpha value is -2.70. The molecule has 2 atom stereocenters. The van der Waals surface area contributed by atoms with Gasteiger partial charge in [0, 0.05) is 30.8 Å². The van der Waals surface area contributed by atoms with Crippen LogP contribution in [0, 0.1) is 0 Å². The first-order valence-electron chi connectivity index (χ1n) is 9.10. The lowest BCUT2D eigenvalue weighted by Gasteiger charge is -2.27. The minimum absolute atomic E-state index is 0.0490. The number of hydrogen-bond donors (Lipinski definition) is 2. The van der Waals surface area contributed by atoms with Gasteiger partial charge in [-0.1, -0.05) is 36.4 Å². The van der Waals surface area contributed by atoms with Gasteiger partial charge in [0.2, 0.25) is 0 Å². The van der Waals surface area contributed by atoms with E-state index < -0.39 is 12.2 Å². The Morgan fingerprint density at radius 2 is 1.89 bits per heavy atom. The third kappa shape index (κ3) is 4.53. The molecule has 1 heterocycles. The summed E-state index contributed by atoms with van der Waals surface area (Å²) in [5, 5.41) is 13.2. The fourth-order valence-corrected chi connectivity index (χ4v) is 3.20. The highest BCUT2D eigenvalue weighted by Gasteiger charge is 2.31. The monoisotopic (exact) mass is 368 g/mol. The number of carbonyl (C=O) groups is 2. The lowest BCUT2D eigenvalue weighted by atomic mass is 10.1. The first-order chi connectivity index (χ1) is 13.1. The number of hydrogen-bond acceptors (Lipinski definition) is 4. The summed E-state index contributed by atoms with van der Waals surface area (Å²) in [6, 6.07) is 16.3. The molecular formula is C21H24N2O4. The average Bonchev–Trinajstić information content (AvgIpc) is 3.02. The van der Waals surface area contributed by atoms with Crippen molar-refractivity contribution in [3.63, 3.8) is 0 Å². The maximum absolute atomic E-state index is 12.5. The molecule has 1 aliphatic heterocycles. The zero-order valence-electron chi connectivity index (χ0n) is 15.3. The van der Waals surface area contributed by atoms with Crippen LogP contribution in [-0.4, -0.2) is 53.7 Å². The topological polar surface area (TPSA) is 78.9 Å². The third-order valence-electron chi connectivity index (χ3n) is 4.61. The summed E-state index contributed by atoms with van der Waals surface area (Å²) in [6.07, 6.45) is -1.50. The van der Waals surface area contributed by atoms with Crippen molar-refractivity contribution >= 4 is 11.8 Å². The molecule has 3 rings (SSSR count). The molecule has 2 amide bonds. The van der Waals surface area contributed by atoms with Crippen LogP contribution < -0.4 is 5.32 Å². The fraction of sp³-hybridized carbons (Fsp3) is 0.333. The van der Waals surface area contributed by atoms with Crippen LogP contribution in [0.2, 0.25) is 0 Å². The largest absolute Gasteiger partial charge is 0.388 e. The number of nitrogens with one attached hydrogen (secondary N) is 1. The number of aliphatic hydroxyl groups is 1. The van der Waals surface area contributed by atoms with Gasteiger partial charge in [-0.25, -0.2) is 0 Å². The molecule has 1 aliphatic rings. The summed E-state index contributed by atoms with van der Waals surface area (Å²) < 4.78 is 5.66. The van der Waals surface area contributed by atoms with Gasteiger partial charge in [-0.05, 0) is 30.7 Å². The molecular weight excluding hydrogens is 344 g/mol. The number of rotatable bonds is 8. The number of nitrogens with zero attached hydrogens (tertiary/aromatic N) is 1. The first-order valence-corrected chi connectivity index (χ1v) is 9.10.